The van der Waals surface area contributed by atoms with Crippen LogP contribution in [0.2, 0.25) is 10.3 Å². The predicted molar refractivity (Wildman–Crippen MR) is 78.9 cm³/mol. The van der Waals surface area contributed by atoms with Crippen LogP contribution < -0.4 is 0 Å². The van der Waals surface area contributed by atoms with Gasteiger partial charge in [0, 0.05) is 25.2 Å². The monoisotopic (exact) mass is 302 g/mol. The van der Waals surface area contributed by atoms with E-state index in [4.69, 9.17) is 23.2 Å². The highest BCUT2D eigenvalue weighted by molar-refractivity contribution is 6.34. The zero-order valence-corrected chi connectivity index (χ0v) is 13.2. The molecule has 0 bridgehead atoms. The summed E-state index contributed by atoms with van der Waals surface area (Å²) in [7, 11) is 4.19. The second-order valence-corrected chi connectivity index (χ2v) is 5.87. The molecule has 6 heteroatoms. The number of nitrogens with zero attached hydrogens (tertiary/aromatic N) is 4. The third kappa shape index (κ3) is 3.37. The van der Waals surface area contributed by atoms with E-state index < -0.39 is 0 Å². The Morgan fingerprint density at radius 3 is 2.37 bits per heavy atom. The molecule has 0 N–H and O–H groups in total. The maximum Gasteiger partial charge on any atom is 0.150 e. The minimum absolute atomic E-state index is 0.157. The van der Waals surface area contributed by atoms with Crippen molar-refractivity contribution < 1.29 is 0 Å². The van der Waals surface area contributed by atoms with Crippen LogP contribution in [0.3, 0.4) is 0 Å². The average molecular weight is 303 g/mol. The van der Waals surface area contributed by atoms with Gasteiger partial charge >= 0.3 is 0 Å². The fraction of sp³-hybridized carbons (Fsp3) is 0.692. The molecule has 1 atom stereocenters. The Kier molecular flexibility index (Phi) is 5.01. The Bertz CT molecular complexity index is 429. The topological polar surface area (TPSA) is 32.3 Å². The van der Waals surface area contributed by atoms with Crippen molar-refractivity contribution in [1.29, 1.82) is 0 Å². The summed E-state index contributed by atoms with van der Waals surface area (Å²) in [5.74, 6) is 0.726. The van der Waals surface area contributed by atoms with Crippen LogP contribution in [0.1, 0.15) is 30.8 Å². The predicted octanol–water partition coefficient (Wildman–Crippen LogP) is 2.65. The van der Waals surface area contributed by atoms with Crippen LogP contribution in [0.4, 0.5) is 0 Å². The lowest BCUT2D eigenvalue weighted by Gasteiger charge is -2.36. The number of rotatable bonds is 3. The van der Waals surface area contributed by atoms with Gasteiger partial charge in [-0.3, -0.25) is 4.90 Å². The number of hydrogen-bond acceptors (Lipinski definition) is 4. The van der Waals surface area contributed by atoms with Gasteiger partial charge in [-0.15, -0.1) is 0 Å². The summed E-state index contributed by atoms with van der Waals surface area (Å²) in [6.07, 6.45) is 1.80. The Morgan fingerprint density at radius 1 is 1.16 bits per heavy atom. The second-order valence-electron chi connectivity index (χ2n) is 5.15. The Balaban J connectivity index is 2.29. The van der Waals surface area contributed by atoms with Crippen molar-refractivity contribution >= 4 is 23.2 Å². The highest BCUT2D eigenvalue weighted by atomic mass is 35.5. The van der Waals surface area contributed by atoms with Crippen LogP contribution in [-0.4, -0.2) is 53.5 Å². The van der Waals surface area contributed by atoms with E-state index in [0.29, 0.717) is 10.3 Å². The summed E-state index contributed by atoms with van der Waals surface area (Å²) < 4.78 is 0. The molecule has 1 aromatic rings. The first kappa shape index (κ1) is 15.0. The summed E-state index contributed by atoms with van der Waals surface area (Å²) in [5, 5.41) is 0.997. The van der Waals surface area contributed by atoms with Crippen LogP contribution in [0, 0.1) is 0 Å². The lowest BCUT2D eigenvalue weighted by molar-refractivity contribution is 0.109. The highest BCUT2D eigenvalue weighted by Gasteiger charge is 2.27. The van der Waals surface area contributed by atoms with E-state index >= 15 is 0 Å². The van der Waals surface area contributed by atoms with E-state index in [-0.39, 0.29) is 6.04 Å². The molecule has 0 aliphatic carbocycles. The maximum atomic E-state index is 6.25. The molecule has 1 aromatic heterocycles. The van der Waals surface area contributed by atoms with E-state index in [1.54, 1.807) is 0 Å². The van der Waals surface area contributed by atoms with Crippen molar-refractivity contribution in [2.45, 2.75) is 25.8 Å². The first-order valence-corrected chi connectivity index (χ1v) is 7.39. The molecule has 0 spiro atoms. The van der Waals surface area contributed by atoms with Crippen molar-refractivity contribution in [3.63, 3.8) is 0 Å². The fourth-order valence-corrected chi connectivity index (χ4v) is 2.93. The van der Waals surface area contributed by atoms with E-state index in [0.717, 1.165) is 43.9 Å². The molecule has 1 unspecified atom stereocenters. The molecule has 1 saturated heterocycles. The van der Waals surface area contributed by atoms with Gasteiger partial charge in [0.2, 0.25) is 0 Å². The molecule has 0 radical (unpaired) electrons. The number of likely N-dealkylation sites (N-methyl/N-ethyl adjacent to an activating group) is 2. The van der Waals surface area contributed by atoms with Crippen LogP contribution in [0.25, 0.3) is 0 Å². The molecule has 106 valence electrons. The molecule has 0 saturated carbocycles. The first-order valence-electron chi connectivity index (χ1n) is 6.63. The lowest BCUT2D eigenvalue weighted by atomic mass is 10.1. The van der Waals surface area contributed by atoms with E-state index in [1.807, 2.05) is 0 Å². The minimum Gasteiger partial charge on any atom is -0.303 e. The van der Waals surface area contributed by atoms with E-state index in [9.17, 15) is 0 Å². The fourth-order valence-electron chi connectivity index (χ4n) is 2.34. The quantitative estimate of drug-likeness (QED) is 0.804. The van der Waals surface area contributed by atoms with Gasteiger partial charge in [0.1, 0.15) is 16.1 Å². The van der Waals surface area contributed by atoms with Crippen molar-refractivity contribution in [3.8, 4) is 0 Å². The van der Waals surface area contributed by atoms with Crippen molar-refractivity contribution in [2.24, 2.45) is 0 Å². The summed E-state index contributed by atoms with van der Waals surface area (Å²) in [6.45, 7) is 5.04. The van der Waals surface area contributed by atoms with Gasteiger partial charge < -0.3 is 4.90 Å². The Hall–Kier alpha value is -0.420. The van der Waals surface area contributed by atoms with Crippen molar-refractivity contribution in [1.82, 2.24) is 19.8 Å². The Morgan fingerprint density at radius 2 is 1.79 bits per heavy atom. The molecule has 2 rings (SSSR count). The smallest absolute Gasteiger partial charge is 0.150 e. The number of piperazine rings is 1. The SMILES string of the molecule is CCCc1c(Cl)nc(C2CN(C)CCN2C)nc1Cl. The van der Waals surface area contributed by atoms with Gasteiger partial charge in [0.05, 0.1) is 6.04 Å². The molecule has 0 amide bonds. The summed E-state index contributed by atoms with van der Waals surface area (Å²) in [6, 6.07) is 0.157. The normalized spacial score (nSPS) is 21.8. The van der Waals surface area contributed by atoms with Crippen LogP contribution in [0.5, 0.6) is 0 Å². The van der Waals surface area contributed by atoms with E-state index in [2.05, 4.69) is 40.8 Å². The molecule has 19 heavy (non-hydrogen) atoms. The molecular weight excluding hydrogens is 283 g/mol. The van der Waals surface area contributed by atoms with Crippen molar-refractivity contribution in [2.75, 3.05) is 33.7 Å². The highest BCUT2D eigenvalue weighted by Crippen LogP contribution is 2.27. The lowest BCUT2D eigenvalue weighted by Crippen LogP contribution is -2.45. The molecule has 1 aliphatic rings. The van der Waals surface area contributed by atoms with Gasteiger partial charge in [-0.05, 0) is 20.5 Å². The van der Waals surface area contributed by atoms with Gasteiger partial charge in [-0.2, -0.15) is 0 Å². The summed E-state index contributed by atoms with van der Waals surface area (Å²) in [5.41, 5.74) is 0.862. The largest absolute Gasteiger partial charge is 0.303 e. The average Bonchev–Trinajstić information content (AvgIpc) is 2.36. The zero-order chi connectivity index (χ0) is 14.0. The Labute approximate surface area is 124 Å². The number of hydrogen-bond donors (Lipinski definition) is 0. The molecule has 1 aliphatic heterocycles. The molecular formula is C13H20Cl2N4. The van der Waals surface area contributed by atoms with Crippen molar-refractivity contribution in [3.05, 3.63) is 21.7 Å². The van der Waals surface area contributed by atoms with Crippen LogP contribution in [0.15, 0.2) is 0 Å². The third-order valence-electron chi connectivity index (χ3n) is 3.57. The standard InChI is InChI=1S/C13H20Cl2N4/c1-4-5-9-11(14)16-13(17-12(9)15)10-8-18(2)6-7-19(10)3/h10H,4-8H2,1-3H3. The molecule has 4 nitrogen and oxygen atoms in total. The molecule has 0 aromatic carbocycles. The minimum atomic E-state index is 0.157. The number of aromatic nitrogens is 2. The number of halogens is 2. The maximum absolute atomic E-state index is 6.25. The molecule has 1 fully saturated rings. The second kappa shape index (κ2) is 6.35. The zero-order valence-electron chi connectivity index (χ0n) is 11.7. The van der Waals surface area contributed by atoms with Gasteiger partial charge in [0.25, 0.3) is 0 Å². The van der Waals surface area contributed by atoms with Gasteiger partial charge in [-0.1, -0.05) is 36.5 Å². The first-order chi connectivity index (χ1) is 9.02. The summed E-state index contributed by atoms with van der Waals surface area (Å²) in [4.78, 5) is 13.5. The van der Waals surface area contributed by atoms with E-state index in [1.165, 1.54) is 0 Å². The van der Waals surface area contributed by atoms with Gasteiger partial charge in [0.15, 0.2) is 0 Å². The summed E-state index contributed by atoms with van der Waals surface area (Å²) >= 11 is 12.5. The van der Waals surface area contributed by atoms with Crippen LogP contribution >= 0.6 is 23.2 Å². The molecule has 2 heterocycles. The third-order valence-corrected chi connectivity index (χ3v) is 4.20. The van der Waals surface area contributed by atoms with Crippen LogP contribution in [-0.2, 0) is 6.42 Å². The van der Waals surface area contributed by atoms with Gasteiger partial charge in [-0.25, -0.2) is 9.97 Å².